The van der Waals surface area contributed by atoms with Crippen LogP contribution in [0.25, 0.3) is 93.0 Å². The van der Waals surface area contributed by atoms with E-state index in [0.29, 0.717) is 28.6 Å². The molecule has 0 aliphatic heterocycles. The van der Waals surface area contributed by atoms with Crippen LogP contribution in [-0.2, 0) is 0 Å². The molecule has 0 saturated carbocycles. The zero-order valence-corrected chi connectivity index (χ0v) is 29.4. The Labute approximate surface area is 314 Å². The van der Waals surface area contributed by atoms with Gasteiger partial charge in [0.25, 0.3) is 0 Å². The van der Waals surface area contributed by atoms with Crippen LogP contribution < -0.4 is 0 Å². The van der Waals surface area contributed by atoms with Crippen LogP contribution in [0.2, 0.25) is 0 Å². The van der Waals surface area contributed by atoms with Gasteiger partial charge in [-0.1, -0.05) is 109 Å². The van der Waals surface area contributed by atoms with Crippen LogP contribution in [0.1, 0.15) is 11.1 Å². The standard InChI is InChI=1S/C47H26N6S/c48-27-29-18-21-35-36-22-19-30(28-49)25-41(36)53(40(35)24-29)39-23-20-33(34-15-9-17-43-44(34)37-14-7-8-16-42(37)54-43)26-38(39)47-51-45(31-10-3-1-4-11-31)50-46(52-47)32-12-5-2-6-13-32/h1-26H. The van der Waals surface area contributed by atoms with E-state index in [-0.39, 0.29) is 0 Å². The number of nitriles is 2. The molecule has 10 rings (SSSR count). The molecule has 0 saturated heterocycles. The highest BCUT2D eigenvalue weighted by atomic mass is 32.1. The first kappa shape index (κ1) is 31.3. The average Bonchev–Trinajstić information content (AvgIpc) is 3.79. The van der Waals surface area contributed by atoms with Crippen LogP contribution in [0.3, 0.4) is 0 Å². The van der Waals surface area contributed by atoms with Crippen molar-refractivity contribution >= 4 is 53.3 Å². The molecule has 250 valence electrons. The number of aromatic nitrogens is 4. The maximum absolute atomic E-state index is 10.0. The van der Waals surface area contributed by atoms with Crippen LogP contribution in [0, 0.1) is 22.7 Å². The van der Waals surface area contributed by atoms with Gasteiger partial charge in [-0.25, -0.2) is 15.0 Å². The van der Waals surface area contributed by atoms with E-state index in [1.165, 1.54) is 20.2 Å². The molecule has 0 spiro atoms. The van der Waals surface area contributed by atoms with Gasteiger partial charge >= 0.3 is 0 Å². The molecule has 0 aliphatic rings. The number of thiophene rings is 1. The van der Waals surface area contributed by atoms with E-state index in [1.54, 1.807) is 11.3 Å². The van der Waals surface area contributed by atoms with Crippen molar-refractivity contribution in [2.75, 3.05) is 0 Å². The second-order valence-electron chi connectivity index (χ2n) is 13.1. The number of hydrogen-bond acceptors (Lipinski definition) is 6. The van der Waals surface area contributed by atoms with Gasteiger partial charge in [-0.05, 0) is 59.7 Å². The first-order valence-corrected chi connectivity index (χ1v) is 18.3. The van der Waals surface area contributed by atoms with Crippen molar-refractivity contribution in [2.45, 2.75) is 0 Å². The molecule has 0 atom stereocenters. The lowest BCUT2D eigenvalue weighted by Gasteiger charge is -2.17. The summed E-state index contributed by atoms with van der Waals surface area (Å²) in [5, 5.41) is 24.4. The fraction of sp³-hybridized carbons (Fsp3) is 0. The van der Waals surface area contributed by atoms with E-state index in [4.69, 9.17) is 15.0 Å². The van der Waals surface area contributed by atoms with Crippen LogP contribution >= 0.6 is 11.3 Å². The molecule has 3 heterocycles. The lowest BCUT2D eigenvalue weighted by atomic mass is 9.96. The van der Waals surface area contributed by atoms with E-state index in [1.807, 2.05) is 97.1 Å². The largest absolute Gasteiger partial charge is 0.308 e. The second kappa shape index (κ2) is 12.6. The highest BCUT2D eigenvalue weighted by molar-refractivity contribution is 7.25. The lowest BCUT2D eigenvalue weighted by molar-refractivity contribution is 1.06. The fourth-order valence-corrected chi connectivity index (χ4v) is 8.57. The van der Waals surface area contributed by atoms with Crippen molar-refractivity contribution in [1.29, 1.82) is 10.5 Å². The molecule has 0 amide bonds. The van der Waals surface area contributed by atoms with Crippen molar-refractivity contribution in [1.82, 2.24) is 19.5 Å². The van der Waals surface area contributed by atoms with Gasteiger partial charge in [-0.3, -0.25) is 0 Å². The minimum absolute atomic E-state index is 0.504. The van der Waals surface area contributed by atoms with E-state index >= 15 is 0 Å². The average molecular weight is 707 g/mol. The van der Waals surface area contributed by atoms with Gasteiger partial charge in [0.1, 0.15) is 0 Å². The first-order chi connectivity index (χ1) is 26.7. The molecule has 3 aromatic heterocycles. The summed E-state index contributed by atoms with van der Waals surface area (Å²) in [6, 6.07) is 57.5. The lowest BCUT2D eigenvalue weighted by Crippen LogP contribution is -2.04. The molecular formula is C47H26N6S. The minimum atomic E-state index is 0.504. The van der Waals surface area contributed by atoms with E-state index in [2.05, 4.69) is 77.4 Å². The van der Waals surface area contributed by atoms with E-state index in [9.17, 15) is 10.5 Å². The van der Waals surface area contributed by atoms with Gasteiger partial charge in [-0.2, -0.15) is 10.5 Å². The summed E-state index contributed by atoms with van der Waals surface area (Å²) in [5.74, 6) is 1.62. The van der Waals surface area contributed by atoms with Crippen molar-refractivity contribution < 1.29 is 0 Å². The van der Waals surface area contributed by atoms with Gasteiger partial charge in [0.15, 0.2) is 17.5 Å². The molecule has 0 N–H and O–H groups in total. The molecule has 6 nitrogen and oxygen atoms in total. The Morgan fingerprint density at radius 3 is 1.65 bits per heavy atom. The van der Waals surface area contributed by atoms with Gasteiger partial charge < -0.3 is 4.57 Å². The molecule has 0 unspecified atom stereocenters. The maximum atomic E-state index is 10.0. The van der Waals surface area contributed by atoms with Gasteiger partial charge in [0.2, 0.25) is 0 Å². The zero-order chi connectivity index (χ0) is 36.2. The van der Waals surface area contributed by atoms with Crippen LogP contribution in [0.4, 0.5) is 0 Å². The Kier molecular flexibility index (Phi) is 7.33. The molecule has 7 heteroatoms. The Balaban J connectivity index is 1.33. The third-order valence-electron chi connectivity index (χ3n) is 9.92. The molecule has 0 aliphatic carbocycles. The van der Waals surface area contributed by atoms with E-state index in [0.717, 1.165) is 55.3 Å². The number of nitrogens with zero attached hydrogens (tertiary/aromatic N) is 6. The van der Waals surface area contributed by atoms with Crippen LogP contribution in [-0.4, -0.2) is 19.5 Å². The predicted molar refractivity (Wildman–Crippen MR) is 218 cm³/mol. The molecule has 10 aromatic rings. The van der Waals surface area contributed by atoms with Crippen LogP contribution in [0.5, 0.6) is 0 Å². The molecule has 7 aromatic carbocycles. The summed E-state index contributed by atoms with van der Waals surface area (Å²) in [4.78, 5) is 15.4. The molecular weight excluding hydrogens is 681 g/mol. The highest BCUT2D eigenvalue weighted by Crippen LogP contribution is 2.43. The minimum Gasteiger partial charge on any atom is -0.308 e. The zero-order valence-electron chi connectivity index (χ0n) is 28.6. The third-order valence-corrected chi connectivity index (χ3v) is 11.1. The molecule has 0 fully saturated rings. The summed E-state index contributed by atoms with van der Waals surface area (Å²) < 4.78 is 4.59. The van der Waals surface area contributed by atoms with E-state index < -0.39 is 0 Å². The SMILES string of the molecule is N#Cc1ccc2c3ccc(C#N)cc3n(-c3ccc(-c4cccc5sc6ccccc6c45)cc3-c3nc(-c4ccccc4)nc(-c4ccccc4)n3)c2c1. The van der Waals surface area contributed by atoms with Gasteiger partial charge in [0, 0.05) is 47.6 Å². The summed E-state index contributed by atoms with van der Waals surface area (Å²) in [6.07, 6.45) is 0. The topological polar surface area (TPSA) is 91.2 Å². The van der Waals surface area contributed by atoms with Crippen molar-refractivity contribution in [2.24, 2.45) is 0 Å². The Morgan fingerprint density at radius 1 is 0.444 bits per heavy atom. The molecule has 0 radical (unpaired) electrons. The fourth-order valence-electron chi connectivity index (χ4n) is 7.44. The quantitative estimate of drug-likeness (QED) is 0.178. The maximum Gasteiger partial charge on any atom is 0.166 e. The van der Waals surface area contributed by atoms with Crippen molar-refractivity contribution in [3.05, 3.63) is 169 Å². The molecule has 0 bridgehead atoms. The van der Waals surface area contributed by atoms with Crippen molar-refractivity contribution in [3.63, 3.8) is 0 Å². The Bertz CT molecular complexity index is 3060. The molecule has 54 heavy (non-hydrogen) atoms. The first-order valence-electron chi connectivity index (χ1n) is 17.5. The summed E-state index contributed by atoms with van der Waals surface area (Å²) in [5.41, 5.74) is 8.25. The number of hydrogen-bond donors (Lipinski definition) is 0. The monoisotopic (exact) mass is 706 g/mol. The number of rotatable bonds is 5. The summed E-state index contributed by atoms with van der Waals surface area (Å²) in [6.45, 7) is 0. The smallest absolute Gasteiger partial charge is 0.166 e. The predicted octanol–water partition coefficient (Wildman–Crippen LogP) is 11.7. The normalized spacial score (nSPS) is 11.3. The Hall–Kier alpha value is -7.45. The third kappa shape index (κ3) is 5.11. The van der Waals surface area contributed by atoms with Crippen LogP contribution in [0.15, 0.2) is 158 Å². The van der Waals surface area contributed by atoms with Gasteiger partial charge in [-0.15, -0.1) is 11.3 Å². The summed E-state index contributed by atoms with van der Waals surface area (Å²) in [7, 11) is 0. The second-order valence-corrected chi connectivity index (χ2v) is 14.2. The van der Waals surface area contributed by atoms with Gasteiger partial charge in [0.05, 0.1) is 40.0 Å². The number of benzene rings is 7. The number of fused-ring (bicyclic) bond motifs is 6. The summed E-state index contributed by atoms with van der Waals surface area (Å²) >= 11 is 1.79. The highest BCUT2D eigenvalue weighted by Gasteiger charge is 2.22. The van der Waals surface area contributed by atoms with Crippen molar-refractivity contribution in [3.8, 4) is 63.1 Å². The Morgan fingerprint density at radius 2 is 1.02 bits per heavy atom.